The molecule has 138 valence electrons. The number of hydrogen-bond acceptors (Lipinski definition) is 5. The van der Waals surface area contributed by atoms with Crippen LogP contribution in [-0.2, 0) is 0 Å². The average molecular weight is 378 g/mol. The van der Waals surface area contributed by atoms with Crippen LogP contribution in [0.3, 0.4) is 0 Å². The lowest BCUT2D eigenvalue weighted by Crippen LogP contribution is -1.97. The van der Waals surface area contributed by atoms with Crippen LogP contribution < -0.4 is 4.74 Å². The van der Waals surface area contributed by atoms with E-state index in [1.165, 1.54) is 25.7 Å². The van der Waals surface area contributed by atoms with Crippen molar-refractivity contribution in [3.63, 3.8) is 0 Å². The SMILES string of the molecule is CCCCCCCOc1ccc(-c2nnc(-c3ccc(C#N)cc3)s2)cc1. The highest BCUT2D eigenvalue weighted by Crippen LogP contribution is 2.30. The molecule has 0 spiro atoms. The summed E-state index contributed by atoms with van der Waals surface area (Å²) >= 11 is 1.54. The van der Waals surface area contributed by atoms with E-state index in [4.69, 9.17) is 10.00 Å². The molecule has 2 aromatic carbocycles. The van der Waals surface area contributed by atoms with E-state index in [1.54, 1.807) is 23.5 Å². The third-order valence-electron chi connectivity index (χ3n) is 4.30. The molecule has 0 saturated carbocycles. The van der Waals surface area contributed by atoms with Gasteiger partial charge < -0.3 is 4.74 Å². The molecule has 0 amide bonds. The molecule has 0 bridgehead atoms. The molecular formula is C22H23N3OS. The van der Waals surface area contributed by atoms with Crippen molar-refractivity contribution < 1.29 is 4.74 Å². The third kappa shape index (κ3) is 5.38. The van der Waals surface area contributed by atoms with E-state index < -0.39 is 0 Å². The molecule has 27 heavy (non-hydrogen) atoms. The first-order chi connectivity index (χ1) is 13.3. The molecule has 0 aliphatic heterocycles. The third-order valence-corrected chi connectivity index (χ3v) is 5.33. The largest absolute Gasteiger partial charge is 0.494 e. The highest BCUT2D eigenvalue weighted by Gasteiger charge is 2.09. The topological polar surface area (TPSA) is 58.8 Å². The normalized spacial score (nSPS) is 10.5. The summed E-state index contributed by atoms with van der Waals surface area (Å²) in [5, 5.41) is 19.2. The Labute approximate surface area is 164 Å². The fourth-order valence-corrected chi connectivity index (χ4v) is 3.59. The van der Waals surface area contributed by atoms with Crippen LogP contribution in [0.25, 0.3) is 21.1 Å². The Hall–Kier alpha value is -2.71. The first-order valence-corrected chi connectivity index (χ1v) is 10.2. The second-order valence-electron chi connectivity index (χ2n) is 6.39. The molecule has 0 fully saturated rings. The number of unbranched alkanes of at least 4 members (excludes halogenated alkanes) is 4. The standard InChI is InChI=1S/C22H23N3OS/c1-2-3-4-5-6-15-26-20-13-11-19(12-14-20)22-25-24-21(27-22)18-9-7-17(16-23)8-10-18/h7-14H,2-6,15H2,1H3. The van der Waals surface area contributed by atoms with Crippen LogP contribution in [0.15, 0.2) is 48.5 Å². The average Bonchev–Trinajstić information content (AvgIpc) is 3.21. The lowest BCUT2D eigenvalue weighted by atomic mass is 10.2. The van der Waals surface area contributed by atoms with Gasteiger partial charge in [0.25, 0.3) is 0 Å². The van der Waals surface area contributed by atoms with Crippen molar-refractivity contribution in [2.45, 2.75) is 39.0 Å². The monoisotopic (exact) mass is 377 g/mol. The first kappa shape index (κ1) is 19.1. The Balaban J connectivity index is 1.57. The van der Waals surface area contributed by atoms with Gasteiger partial charge in [0.2, 0.25) is 0 Å². The van der Waals surface area contributed by atoms with Gasteiger partial charge in [-0.25, -0.2) is 0 Å². The Morgan fingerprint density at radius 2 is 1.44 bits per heavy atom. The van der Waals surface area contributed by atoms with E-state index in [2.05, 4.69) is 23.2 Å². The van der Waals surface area contributed by atoms with Crippen LogP contribution in [0.1, 0.15) is 44.6 Å². The molecule has 0 radical (unpaired) electrons. The number of rotatable bonds is 9. The Kier molecular flexibility index (Phi) is 6.95. The maximum atomic E-state index is 8.89. The van der Waals surface area contributed by atoms with E-state index in [0.717, 1.165) is 39.9 Å². The van der Waals surface area contributed by atoms with E-state index in [1.807, 2.05) is 36.4 Å². The van der Waals surface area contributed by atoms with Gasteiger partial charge in [-0.15, -0.1) is 10.2 Å². The zero-order chi connectivity index (χ0) is 18.9. The van der Waals surface area contributed by atoms with Gasteiger partial charge in [0.15, 0.2) is 0 Å². The maximum absolute atomic E-state index is 8.89. The molecule has 0 aliphatic carbocycles. The summed E-state index contributed by atoms with van der Waals surface area (Å²) in [6, 6.07) is 17.6. The Morgan fingerprint density at radius 1 is 0.852 bits per heavy atom. The molecule has 0 aliphatic rings. The Morgan fingerprint density at radius 3 is 2.04 bits per heavy atom. The van der Waals surface area contributed by atoms with Gasteiger partial charge in [-0.05, 0) is 42.8 Å². The molecule has 0 saturated heterocycles. The van der Waals surface area contributed by atoms with Gasteiger partial charge in [-0.2, -0.15) is 5.26 Å². The van der Waals surface area contributed by atoms with E-state index in [0.29, 0.717) is 5.56 Å². The quantitative estimate of drug-likeness (QED) is 0.423. The van der Waals surface area contributed by atoms with Gasteiger partial charge in [0.1, 0.15) is 15.8 Å². The van der Waals surface area contributed by atoms with Crippen molar-refractivity contribution in [3.05, 3.63) is 54.1 Å². The van der Waals surface area contributed by atoms with E-state index in [-0.39, 0.29) is 0 Å². The highest BCUT2D eigenvalue weighted by molar-refractivity contribution is 7.17. The fraction of sp³-hybridized carbons (Fsp3) is 0.318. The second kappa shape index (κ2) is 9.84. The van der Waals surface area contributed by atoms with E-state index >= 15 is 0 Å². The van der Waals surface area contributed by atoms with Gasteiger partial charge in [0, 0.05) is 11.1 Å². The van der Waals surface area contributed by atoms with Crippen LogP contribution in [0.5, 0.6) is 5.75 Å². The number of hydrogen-bond donors (Lipinski definition) is 0. The van der Waals surface area contributed by atoms with Crippen LogP contribution in [-0.4, -0.2) is 16.8 Å². The van der Waals surface area contributed by atoms with Gasteiger partial charge >= 0.3 is 0 Å². The number of benzene rings is 2. The Bertz CT molecular complexity index is 879. The molecule has 0 atom stereocenters. The number of nitrogens with zero attached hydrogens (tertiary/aromatic N) is 3. The summed E-state index contributed by atoms with van der Waals surface area (Å²) in [5.74, 6) is 0.895. The number of aromatic nitrogens is 2. The van der Waals surface area contributed by atoms with E-state index in [9.17, 15) is 0 Å². The molecule has 4 nitrogen and oxygen atoms in total. The number of nitriles is 1. The minimum Gasteiger partial charge on any atom is -0.494 e. The summed E-state index contributed by atoms with van der Waals surface area (Å²) in [6.45, 7) is 2.99. The second-order valence-corrected chi connectivity index (χ2v) is 7.37. The van der Waals surface area contributed by atoms with Gasteiger partial charge in [0.05, 0.1) is 18.2 Å². The molecule has 3 rings (SSSR count). The van der Waals surface area contributed by atoms with Crippen LogP contribution in [0.4, 0.5) is 0 Å². The predicted molar refractivity (Wildman–Crippen MR) is 110 cm³/mol. The number of ether oxygens (including phenoxy) is 1. The van der Waals surface area contributed by atoms with Crippen molar-refractivity contribution in [2.75, 3.05) is 6.61 Å². The summed E-state index contributed by atoms with van der Waals surface area (Å²) < 4.78 is 5.81. The van der Waals surface area contributed by atoms with Crippen molar-refractivity contribution in [1.29, 1.82) is 5.26 Å². The van der Waals surface area contributed by atoms with Crippen molar-refractivity contribution >= 4 is 11.3 Å². The maximum Gasteiger partial charge on any atom is 0.148 e. The lowest BCUT2D eigenvalue weighted by Gasteiger charge is -2.06. The van der Waals surface area contributed by atoms with Crippen molar-refractivity contribution in [3.8, 4) is 33.0 Å². The molecule has 0 unspecified atom stereocenters. The molecule has 1 heterocycles. The zero-order valence-corrected chi connectivity index (χ0v) is 16.3. The summed E-state index contributed by atoms with van der Waals surface area (Å²) in [5.41, 5.74) is 2.65. The van der Waals surface area contributed by atoms with Crippen molar-refractivity contribution in [1.82, 2.24) is 10.2 Å². The summed E-state index contributed by atoms with van der Waals surface area (Å²) in [6.07, 6.45) is 6.19. The summed E-state index contributed by atoms with van der Waals surface area (Å²) in [7, 11) is 0. The zero-order valence-electron chi connectivity index (χ0n) is 15.5. The molecular weight excluding hydrogens is 354 g/mol. The smallest absolute Gasteiger partial charge is 0.148 e. The first-order valence-electron chi connectivity index (χ1n) is 9.37. The summed E-state index contributed by atoms with van der Waals surface area (Å²) in [4.78, 5) is 0. The molecule has 3 aromatic rings. The van der Waals surface area contributed by atoms with Gasteiger partial charge in [-0.3, -0.25) is 0 Å². The van der Waals surface area contributed by atoms with Crippen molar-refractivity contribution in [2.24, 2.45) is 0 Å². The minimum atomic E-state index is 0.643. The van der Waals surface area contributed by atoms with Crippen LogP contribution in [0.2, 0.25) is 0 Å². The van der Waals surface area contributed by atoms with Crippen LogP contribution >= 0.6 is 11.3 Å². The highest BCUT2D eigenvalue weighted by atomic mass is 32.1. The predicted octanol–water partition coefficient (Wildman–Crippen LogP) is 6.09. The molecule has 1 aromatic heterocycles. The van der Waals surface area contributed by atoms with Crippen LogP contribution in [0, 0.1) is 11.3 Å². The fourth-order valence-electron chi connectivity index (χ4n) is 2.73. The molecule has 0 N–H and O–H groups in total. The minimum absolute atomic E-state index is 0.643. The van der Waals surface area contributed by atoms with Gasteiger partial charge in [-0.1, -0.05) is 56.1 Å². The molecule has 5 heteroatoms. The lowest BCUT2D eigenvalue weighted by molar-refractivity contribution is 0.304.